The number of carbonyl (C=O) groups excluding carboxylic acids is 1. The third-order valence-electron chi connectivity index (χ3n) is 4.31. The van der Waals surface area contributed by atoms with Crippen molar-refractivity contribution < 1.29 is 9.53 Å². The predicted octanol–water partition coefficient (Wildman–Crippen LogP) is 3.49. The lowest BCUT2D eigenvalue weighted by Crippen LogP contribution is -2.46. The SMILES string of the molecule is O=C1c2ccccc2N[C@H](c2ccsc2)N1C[C@H]1CCCO1. The number of nitrogens with one attached hydrogen (secondary N) is 1. The van der Waals surface area contributed by atoms with Crippen molar-refractivity contribution in [3.05, 3.63) is 52.2 Å². The fourth-order valence-electron chi connectivity index (χ4n) is 3.18. The maximum atomic E-state index is 12.9. The first-order chi connectivity index (χ1) is 10.8. The summed E-state index contributed by atoms with van der Waals surface area (Å²) in [6.07, 6.45) is 2.15. The number of rotatable bonds is 3. The molecule has 0 bridgehead atoms. The molecule has 2 aromatic rings. The molecule has 2 atom stereocenters. The second-order valence-corrected chi connectivity index (χ2v) is 6.52. The van der Waals surface area contributed by atoms with Crippen LogP contribution in [0.1, 0.15) is 34.9 Å². The number of ether oxygens (including phenoxy) is 1. The average Bonchev–Trinajstić information content (AvgIpc) is 3.23. The lowest BCUT2D eigenvalue weighted by molar-refractivity contribution is 0.0427. The third kappa shape index (κ3) is 2.40. The molecule has 3 heterocycles. The molecule has 1 saturated heterocycles. The molecule has 0 unspecified atom stereocenters. The van der Waals surface area contributed by atoms with Gasteiger partial charge in [-0.3, -0.25) is 4.79 Å². The van der Waals surface area contributed by atoms with Crippen LogP contribution < -0.4 is 5.32 Å². The minimum absolute atomic E-state index is 0.0843. The minimum Gasteiger partial charge on any atom is -0.376 e. The first-order valence-electron chi connectivity index (χ1n) is 7.63. The van der Waals surface area contributed by atoms with Gasteiger partial charge in [0.1, 0.15) is 6.17 Å². The lowest BCUT2D eigenvalue weighted by Gasteiger charge is -2.38. The maximum Gasteiger partial charge on any atom is 0.257 e. The summed E-state index contributed by atoms with van der Waals surface area (Å²) in [5.74, 6) is 0.0843. The van der Waals surface area contributed by atoms with E-state index in [1.165, 1.54) is 0 Å². The van der Waals surface area contributed by atoms with Crippen LogP contribution in [0.15, 0.2) is 41.1 Å². The van der Waals surface area contributed by atoms with Crippen LogP contribution in [0.3, 0.4) is 0 Å². The fraction of sp³-hybridized carbons (Fsp3) is 0.353. The van der Waals surface area contributed by atoms with Gasteiger partial charge in [0, 0.05) is 24.4 Å². The van der Waals surface area contributed by atoms with Gasteiger partial charge in [0.25, 0.3) is 5.91 Å². The van der Waals surface area contributed by atoms with Gasteiger partial charge in [0.15, 0.2) is 0 Å². The Morgan fingerprint density at radius 3 is 3.00 bits per heavy atom. The van der Waals surface area contributed by atoms with Crippen molar-refractivity contribution in [1.29, 1.82) is 0 Å². The van der Waals surface area contributed by atoms with Crippen LogP contribution >= 0.6 is 11.3 Å². The quantitative estimate of drug-likeness (QED) is 0.943. The van der Waals surface area contributed by atoms with Crippen molar-refractivity contribution in [1.82, 2.24) is 4.90 Å². The molecule has 1 amide bonds. The zero-order chi connectivity index (χ0) is 14.9. The number of amides is 1. The molecule has 1 aromatic heterocycles. The zero-order valence-electron chi connectivity index (χ0n) is 12.2. The van der Waals surface area contributed by atoms with Crippen LogP contribution in [0.4, 0.5) is 5.69 Å². The van der Waals surface area contributed by atoms with Crippen LogP contribution in [-0.4, -0.2) is 30.1 Å². The Balaban J connectivity index is 1.69. The van der Waals surface area contributed by atoms with E-state index in [9.17, 15) is 4.79 Å². The highest BCUT2D eigenvalue weighted by Gasteiger charge is 2.35. The minimum atomic E-state index is -0.113. The van der Waals surface area contributed by atoms with E-state index in [4.69, 9.17) is 4.74 Å². The Morgan fingerprint density at radius 1 is 1.32 bits per heavy atom. The molecule has 22 heavy (non-hydrogen) atoms. The van der Waals surface area contributed by atoms with Crippen molar-refractivity contribution in [3.63, 3.8) is 0 Å². The second-order valence-electron chi connectivity index (χ2n) is 5.74. The maximum absolute atomic E-state index is 12.9. The molecule has 0 radical (unpaired) electrons. The van der Waals surface area contributed by atoms with E-state index in [1.807, 2.05) is 34.5 Å². The fourth-order valence-corrected chi connectivity index (χ4v) is 3.86. The van der Waals surface area contributed by atoms with Crippen LogP contribution in [-0.2, 0) is 4.74 Å². The molecule has 5 heteroatoms. The summed E-state index contributed by atoms with van der Waals surface area (Å²) in [4.78, 5) is 14.9. The Morgan fingerprint density at radius 2 is 2.23 bits per heavy atom. The zero-order valence-corrected chi connectivity index (χ0v) is 13.0. The van der Waals surface area contributed by atoms with Gasteiger partial charge in [-0.1, -0.05) is 12.1 Å². The average molecular weight is 314 g/mol. The highest BCUT2D eigenvalue weighted by atomic mass is 32.1. The van der Waals surface area contributed by atoms with Gasteiger partial charge in [-0.25, -0.2) is 0 Å². The number of benzene rings is 1. The summed E-state index contributed by atoms with van der Waals surface area (Å²) in [7, 11) is 0. The van der Waals surface area contributed by atoms with Crippen molar-refractivity contribution in [3.8, 4) is 0 Å². The van der Waals surface area contributed by atoms with E-state index in [-0.39, 0.29) is 18.2 Å². The van der Waals surface area contributed by atoms with Gasteiger partial charge in [-0.15, -0.1) is 0 Å². The standard InChI is InChI=1S/C17H18N2O2S/c20-17-14-5-1-2-6-15(14)18-16(12-7-9-22-11-12)19(17)10-13-4-3-8-21-13/h1-2,5-7,9,11,13,16,18H,3-4,8,10H2/t13-,16+/m1/s1. The van der Waals surface area contributed by atoms with Gasteiger partial charge >= 0.3 is 0 Å². The number of anilines is 1. The van der Waals surface area contributed by atoms with E-state index in [2.05, 4.69) is 16.8 Å². The topological polar surface area (TPSA) is 41.6 Å². The summed E-state index contributed by atoms with van der Waals surface area (Å²) in [6, 6.07) is 9.80. The number of fused-ring (bicyclic) bond motifs is 1. The molecule has 0 aliphatic carbocycles. The molecule has 2 aliphatic heterocycles. The summed E-state index contributed by atoms with van der Waals surface area (Å²) < 4.78 is 5.74. The van der Waals surface area contributed by atoms with Crippen molar-refractivity contribution in [2.24, 2.45) is 0 Å². The highest BCUT2D eigenvalue weighted by molar-refractivity contribution is 7.08. The third-order valence-corrected chi connectivity index (χ3v) is 5.01. The van der Waals surface area contributed by atoms with Crippen LogP contribution in [0.25, 0.3) is 0 Å². The van der Waals surface area contributed by atoms with E-state index >= 15 is 0 Å². The van der Waals surface area contributed by atoms with Crippen LogP contribution in [0.2, 0.25) is 0 Å². The summed E-state index contributed by atoms with van der Waals surface area (Å²) in [5.41, 5.74) is 2.78. The van der Waals surface area contributed by atoms with Crippen molar-refractivity contribution in [2.45, 2.75) is 25.1 Å². The number of hydrogen-bond donors (Lipinski definition) is 1. The van der Waals surface area contributed by atoms with E-state index in [0.29, 0.717) is 6.54 Å². The number of hydrogen-bond acceptors (Lipinski definition) is 4. The normalized spacial score (nSPS) is 24.2. The van der Waals surface area contributed by atoms with Gasteiger partial charge in [-0.2, -0.15) is 11.3 Å². The number of carbonyl (C=O) groups is 1. The van der Waals surface area contributed by atoms with E-state index in [1.54, 1.807) is 11.3 Å². The molecule has 0 spiro atoms. The van der Waals surface area contributed by atoms with Crippen molar-refractivity contribution >= 4 is 22.9 Å². The van der Waals surface area contributed by atoms with Gasteiger partial charge < -0.3 is 15.0 Å². The van der Waals surface area contributed by atoms with E-state index < -0.39 is 0 Å². The summed E-state index contributed by atoms with van der Waals surface area (Å²) >= 11 is 1.65. The number of para-hydroxylation sites is 1. The van der Waals surface area contributed by atoms with Crippen molar-refractivity contribution in [2.75, 3.05) is 18.5 Å². The molecular formula is C17H18N2O2S. The lowest BCUT2D eigenvalue weighted by atomic mass is 10.0. The van der Waals surface area contributed by atoms with Gasteiger partial charge in [-0.05, 0) is 41.8 Å². The predicted molar refractivity (Wildman–Crippen MR) is 87.1 cm³/mol. The summed E-state index contributed by atoms with van der Waals surface area (Å²) in [6.45, 7) is 1.44. The monoisotopic (exact) mass is 314 g/mol. The molecule has 4 nitrogen and oxygen atoms in total. The Kier molecular flexibility index (Phi) is 3.60. The second kappa shape index (κ2) is 5.74. The number of nitrogens with zero attached hydrogens (tertiary/aromatic N) is 1. The Bertz CT molecular complexity index is 665. The number of thiophene rings is 1. The van der Waals surface area contributed by atoms with Crippen LogP contribution in [0, 0.1) is 0 Å². The van der Waals surface area contributed by atoms with Crippen LogP contribution in [0.5, 0.6) is 0 Å². The highest BCUT2D eigenvalue weighted by Crippen LogP contribution is 2.34. The largest absolute Gasteiger partial charge is 0.376 e. The molecule has 1 fully saturated rings. The Hall–Kier alpha value is -1.85. The molecule has 114 valence electrons. The Labute approximate surface area is 133 Å². The first-order valence-corrected chi connectivity index (χ1v) is 8.57. The first kappa shape index (κ1) is 13.8. The van der Waals surface area contributed by atoms with Gasteiger partial charge in [0.2, 0.25) is 0 Å². The molecule has 2 aliphatic rings. The molecule has 0 saturated carbocycles. The molecule has 4 rings (SSSR count). The molecule has 1 aromatic carbocycles. The van der Waals surface area contributed by atoms with Gasteiger partial charge in [0.05, 0.1) is 11.7 Å². The summed E-state index contributed by atoms with van der Waals surface area (Å²) in [5, 5.41) is 7.66. The van der Waals surface area contributed by atoms with E-state index in [0.717, 1.165) is 36.3 Å². The smallest absolute Gasteiger partial charge is 0.257 e. The molecular weight excluding hydrogens is 296 g/mol. The molecule has 1 N–H and O–H groups in total.